The Hall–Kier alpha value is -2.94. The molecular weight excluding hydrogens is 406 g/mol. The van der Waals surface area contributed by atoms with Gasteiger partial charge in [0.2, 0.25) is 0 Å². The summed E-state index contributed by atoms with van der Waals surface area (Å²) >= 11 is 12.3. The molecule has 0 amide bonds. The molecule has 0 aliphatic rings. The van der Waals surface area contributed by atoms with Crippen LogP contribution in [0.2, 0.25) is 10.0 Å². The second-order valence-electron chi connectivity index (χ2n) is 5.63. The normalized spacial score (nSPS) is 12.1. The first-order chi connectivity index (χ1) is 13.4. The molecule has 0 spiro atoms. The highest BCUT2D eigenvalue weighted by atomic mass is 35.5. The van der Waals surface area contributed by atoms with Crippen molar-refractivity contribution in [1.29, 1.82) is 0 Å². The summed E-state index contributed by atoms with van der Waals surface area (Å²) in [6.45, 7) is 3.46. The molecule has 2 aromatic heterocycles. The minimum atomic E-state index is -0.543. The number of fused-ring (bicyclic) bond motifs is 1. The van der Waals surface area contributed by atoms with Gasteiger partial charge in [-0.3, -0.25) is 0 Å². The summed E-state index contributed by atoms with van der Waals surface area (Å²) < 4.78 is 14.9. The van der Waals surface area contributed by atoms with E-state index >= 15 is 0 Å². The van der Waals surface area contributed by atoms with Crippen molar-refractivity contribution in [3.8, 4) is 5.69 Å². The molecular formula is C18H15Cl2FN6O. The monoisotopic (exact) mass is 420 g/mol. The van der Waals surface area contributed by atoms with Crippen molar-refractivity contribution < 1.29 is 9.50 Å². The molecule has 0 radical (unpaired) electrons. The molecule has 0 unspecified atom stereocenters. The Morgan fingerprint density at radius 3 is 2.75 bits per heavy atom. The van der Waals surface area contributed by atoms with Crippen LogP contribution in [0.1, 0.15) is 0 Å². The third kappa shape index (κ3) is 4.14. The lowest BCUT2D eigenvalue weighted by molar-refractivity contribution is 0.335. The maximum absolute atomic E-state index is 13.5. The highest BCUT2D eigenvalue weighted by molar-refractivity contribution is 6.37. The molecule has 4 N–H and O–H groups in total. The van der Waals surface area contributed by atoms with Crippen molar-refractivity contribution in [3.05, 3.63) is 70.5 Å². The van der Waals surface area contributed by atoms with Gasteiger partial charge in [-0.15, -0.1) is 0 Å². The second-order valence-corrected chi connectivity index (χ2v) is 6.45. The molecule has 3 aromatic rings. The Labute approximate surface area is 169 Å². The number of aliphatic imine (C=N–C) groups is 1. The number of halogens is 3. The van der Waals surface area contributed by atoms with Crippen molar-refractivity contribution >= 4 is 46.3 Å². The molecule has 3 rings (SSSR count). The molecule has 10 heteroatoms. The predicted octanol–water partition coefficient (Wildman–Crippen LogP) is 3.66. The van der Waals surface area contributed by atoms with E-state index in [1.54, 1.807) is 18.5 Å². The van der Waals surface area contributed by atoms with E-state index < -0.39 is 5.82 Å². The Morgan fingerprint density at radius 1 is 1.39 bits per heavy atom. The van der Waals surface area contributed by atoms with Crippen LogP contribution in [0.5, 0.6) is 0 Å². The minimum absolute atomic E-state index is 0.118. The first-order valence-corrected chi connectivity index (χ1v) is 8.69. The van der Waals surface area contributed by atoms with Crippen LogP contribution in [0, 0.1) is 5.82 Å². The number of nitrogens with one attached hydrogen (secondary N) is 1. The van der Waals surface area contributed by atoms with Gasteiger partial charge in [0.25, 0.3) is 0 Å². The molecule has 7 nitrogen and oxygen atoms in total. The highest BCUT2D eigenvalue weighted by Gasteiger charge is 2.15. The molecule has 0 bridgehead atoms. The SMILES string of the molecule is C=C(/C=C(\N=C/N)Nc1nccc2nn(-c3c(Cl)cc(F)cc3Cl)cc12)CO. The van der Waals surface area contributed by atoms with Crippen LogP contribution in [0.25, 0.3) is 16.6 Å². The number of rotatable bonds is 6. The molecule has 0 fully saturated rings. The van der Waals surface area contributed by atoms with Crippen LogP contribution in [-0.2, 0) is 0 Å². The van der Waals surface area contributed by atoms with E-state index in [2.05, 4.69) is 27.0 Å². The molecule has 0 atom stereocenters. The summed E-state index contributed by atoms with van der Waals surface area (Å²) in [6, 6.07) is 4.01. The number of aliphatic hydroxyl groups is 1. The number of nitrogens with two attached hydrogens (primary N) is 1. The van der Waals surface area contributed by atoms with Crippen molar-refractivity contribution in [2.45, 2.75) is 0 Å². The van der Waals surface area contributed by atoms with E-state index in [4.69, 9.17) is 34.0 Å². The molecule has 144 valence electrons. The number of aromatic nitrogens is 3. The van der Waals surface area contributed by atoms with E-state index in [1.807, 2.05) is 0 Å². The Morgan fingerprint density at radius 2 is 2.11 bits per heavy atom. The second kappa shape index (κ2) is 8.39. The Kier molecular flexibility index (Phi) is 5.93. The summed E-state index contributed by atoms with van der Waals surface area (Å²) in [5.74, 6) is 0.214. The molecule has 0 saturated heterocycles. The lowest BCUT2D eigenvalue weighted by Gasteiger charge is -2.07. The number of aliphatic hydroxyl groups excluding tert-OH is 1. The average Bonchev–Trinajstić information content (AvgIpc) is 3.05. The number of pyridine rings is 1. The maximum atomic E-state index is 13.5. The van der Waals surface area contributed by atoms with E-state index in [-0.39, 0.29) is 16.7 Å². The van der Waals surface area contributed by atoms with Crippen molar-refractivity contribution in [2.75, 3.05) is 11.9 Å². The van der Waals surface area contributed by atoms with E-state index in [0.29, 0.717) is 33.8 Å². The highest BCUT2D eigenvalue weighted by Crippen LogP contribution is 2.31. The predicted molar refractivity (Wildman–Crippen MR) is 109 cm³/mol. The molecule has 2 heterocycles. The zero-order valence-electron chi connectivity index (χ0n) is 14.4. The van der Waals surface area contributed by atoms with Gasteiger partial charge in [0.05, 0.1) is 33.9 Å². The minimum Gasteiger partial charge on any atom is -0.392 e. The topological polar surface area (TPSA) is 101 Å². The summed E-state index contributed by atoms with van der Waals surface area (Å²) in [4.78, 5) is 8.29. The summed E-state index contributed by atoms with van der Waals surface area (Å²) in [5, 5.41) is 17.5. The van der Waals surface area contributed by atoms with Gasteiger partial charge in [0.15, 0.2) is 0 Å². The fraction of sp³-hybridized carbons (Fsp3) is 0.0556. The first kappa shape index (κ1) is 19.8. The molecule has 0 aliphatic carbocycles. The lowest BCUT2D eigenvalue weighted by atomic mass is 10.3. The van der Waals surface area contributed by atoms with E-state index in [0.717, 1.165) is 18.5 Å². The van der Waals surface area contributed by atoms with Gasteiger partial charge in [-0.2, -0.15) is 5.10 Å². The smallest absolute Gasteiger partial charge is 0.142 e. The van der Waals surface area contributed by atoms with Gasteiger partial charge in [0.1, 0.15) is 23.1 Å². The molecule has 0 aliphatic heterocycles. The third-order valence-corrected chi connectivity index (χ3v) is 4.22. The van der Waals surface area contributed by atoms with Gasteiger partial charge in [-0.05, 0) is 29.8 Å². The van der Waals surface area contributed by atoms with Crippen LogP contribution in [0.15, 0.2) is 59.6 Å². The summed E-state index contributed by atoms with van der Waals surface area (Å²) in [6.07, 6.45) is 5.84. The fourth-order valence-corrected chi connectivity index (χ4v) is 3.09. The number of anilines is 1. The lowest BCUT2D eigenvalue weighted by Crippen LogP contribution is -2.03. The largest absolute Gasteiger partial charge is 0.392 e. The van der Waals surface area contributed by atoms with E-state index in [9.17, 15) is 4.39 Å². The van der Waals surface area contributed by atoms with Gasteiger partial charge < -0.3 is 16.2 Å². The number of hydrogen-bond acceptors (Lipinski definition) is 5. The molecule has 1 aromatic carbocycles. The van der Waals surface area contributed by atoms with E-state index in [1.165, 1.54) is 10.8 Å². The van der Waals surface area contributed by atoms with Crippen LogP contribution in [0.4, 0.5) is 10.2 Å². The van der Waals surface area contributed by atoms with Crippen molar-refractivity contribution in [2.24, 2.45) is 10.7 Å². The molecule has 28 heavy (non-hydrogen) atoms. The van der Waals surface area contributed by atoms with Gasteiger partial charge in [-0.25, -0.2) is 19.0 Å². The summed E-state index contributed by atoms with van der Waals surface area (Å²) in [5.41, 5.74) is 6.74. The zero-order valence-corrected chi connectivity index (χ0v) is 15.9. The van der Waals surface area contributed by atoms with Crippen LogP contribution < -0.4 is 11.1 Å². The van der Waals surface area contributed by atoms with Gasteiger partial charge in [-0.1, -0.05) is 29.8 Å². The number of nitrogens with zero attached hydrogens (tertiary/aromatic N) is 4. The van der Waals surface area contributed by atoms with Gasteiger partial charge >= 0.3 is 0 Å². The van der Waals surface area contributed by atoms with Crippen molar-refractivity contribution in [1.82, 2.24) is 14.8 Å². The van der Waals surface area contributed by atoms with Gasteiger partial charge in [0, 0.05) is 12.4 Å². The number of benzene rings is 1. The standard InChI is InChI=1S/C18H15Cl2FN6O/c1-10(8-28)4-16(24-9-22)25-18-12-7-27(26-15(12)2-3-23-18)17-13(19)5-11(21)6-14(17)20/h2-7,9,28H,1,8H2,(H2,22,24)(H,23,25)/b16-4+. The average molecular weight is 421 g/mol. The Bertz CT molecular complexity index is 1090. The molecule has 0 saturated carbocycles. The first-order valence-electron chi connectivity index (χ1n) is 7.94. The van der Waals surface area contributed by atoms with Crippen LogP contribution in [0.3, 0.4) is 0 Å². The fourth-order valence-electron chi connectivity index (χ4n) is 2.46. The Balaban J connectivity index is 2.08. The zero-order chi connectivity index (χ0) is 20.3. The van der Waals surface area contributed by atoms with Crippen LogP contribution in [-0.4, -0.2) is 32.8 Å². The third-order valence-electron chi connectivity index (χ3n) is 3.65. The maximum Gasteiger partial charge on any atom is 0.142 e. The van der Waals surface area contributed by atoms with Crippen molar-refractivity contribution in [3.63, 3.8) is 0 Å². The number of hydrogen-bond donors (Lipinski definition) is 3. The van der Waals surface area contributed by atoms with Crippen LogP contribution >= 0.6 is 23.2 Å². The summed E-state index contributed by atoms with van der Waals surface area (Å²) in [7, 11) is 0. The quantitative estimate of drug-likeness (QED) is 0.320.